The van der Waals surface area contributed by atoms with Crippen LogP contribution in [0, 0.1) is 0 Å². The van der Waals surface area contributed by atoms with Crippen LogP contribution in [0.4, 0.5) is 0 Å². The molecule has 0 aromatic carbocycles. The van der Waals surface area contributed by atoms with Gasteiger partial charge in [-0.15, -0.1) is 0 Å². The molecule has 0 saturated carbocycles. The summed E-state index contributed by atoms with van der Waals surface area (Å²) >= 11 is 0. The first-order valence-corrected chi connectivity index (χ1v) is 5.27. The molecule has 1 aromatic heterocycles. The highest BCUT2D eigenvalue weighted by molar-refractivity contribution is 4.88. The number of aromatic nitrogens is 2. The fourth-order valence-electron chi connectivity index (χ4n) is 1.87. The van der Waals surface area contributed by atoms with Crippen LogP contribution in [0.15, 0.2) is 21.9 Å². The van der Waals surface area contributed by atoms with Crippen molar-refractivity contribution < 1.29 is 9.84 Å². The van der Waals surface area contributed by atoms with Gasteiger partial charge in [0.05, 0.1) is 6.10 Å². The second-order valence-corrected chi connectivity index (χ2v) is 3.88. The van der Waals surface area contributed by atoms with E-state index in [0.717, 1.165) is 6.42 Å². The van der Waals surface area contributed by atoms with Gasteiger partial charge in [0, 0.05) is 18.7 Å². The molecule has 0 bridgehead atoms. The monoisotopic (exact) mass is 226 g/mol. The molecular formula is C10H14N2O4. The number of rotatable bonds is 2. The Morgan fingerprint density at radius 3 is 2.94 bits per heavy atom. The minimum absolute atomic E-state index is 0.0428. The van der Waals surface area contributed by atoms with Gasteiger partial charge in [0.2, 0.25) is 0 Å². The van der Waals surface area contributed by atoms with Crippen molar-refractivity contribution in [3.63, 3.8) is 0 Å². The Kier molecular flexibility index (Phi) is 2.93. The molecule has 88 valence electrons. The lowest BCUT2D eigenvalue weighted by molar-refractivity contribution is -0.0404. The maximum absolute atomic E-state index is 11.5. The van der Waals surface area contributed by atoms with E-state index in [-0.39, 0.29) is 6.10 Å². The van der Waals surface area contributed by atoms with Gasteiger partial charge >= 0.3 is 5.69 Å². The average molecular weight is 226 g/mol. The van der Waals surface area contributed by atoms with E-state index < -0.39 is 23.6 Å². The van der Waals surface area contributed by atoms with E-state index in [1.165, 1.54) is 16.8 Å². The van der Waals surface area contributed by atoms with Crippen molar-refractivity contribution in [1.29, 1.82) is 0 Å². The largest absolute Gasteiger partial charge is 0.388 e. The lowest BCUT2D eigenvalue weighted by Gasteiger charge is -2.16. The van der Waals surface area contributed by atoms with Gasteiger partial charge in [-0.1, -0.05) is 6.92 Å². The SMILES string of the molecule is CC[C@@H]1C[C@@H](O)[C@H](n2ccc(=O)[nH]c2=O)O1. The van der Waals surface area contributed by atoms with Gasteiger partial charge in [0.25, 0.3) is 5.56 Å². The topological polar surface area (TPSA) is 84.3 Å². The Morgan fingerprint density at radius 2 is 2.38 bits per heavy atom. The molecule has 2 N–H and O–H groups in total. The molecule has 0 unspecified atom stereocenters. The first-order valence-electron chi connectivity index (χ1n) is 5.27. The van der Waals surface area contributed by atoms with Crippen LogP contribution in [-0.2, 0) is 4.74 Å². The fourth-order valence-corrected chi connectivity index (χ4v) is 1.87. The summed E-state index contributed by atoms with van der Waals surface area (Å²) in [5.41, 5.74) is -1.02. The second kappa shape index (κ2) is 4.23. The lowest BCUT2D eigenvalue weighted by atomic mass is 10.1. The van der Waals surface area contributed by atoms with Gasteiger partial charge < -0.3 is 9.84 Å². The van der Waals surface area contributed by atoms with Crippen LogP contribution in [0.1, 0.15) is 26.0 Å². The van der Waals surface area contributed by atoms with E-state index in [2.05, 4.69) is 4.98 Å². The molecule has 2 rings (SSSR count). The summed E-state index contributed by atoms with van der Waals surface area (Å²) in [6.45, 7) is 1.95. The smallest absolute Gasteiger partial charge is 0.330 e. The number of hydrogen-bond acceptors (Lipinski definition) is 4. The minimum atomic E-state index is -0.714. The highest BCUT2D eigenvalue weighted by Gasteiger charge is 2.34. The van der Waals surface area contributed by atoms with Gasteiger partial charge in [0.1, 0.15) is 6.10 Å². The maximum Gasteiger partial charge on any atom is 0.330 e. The first kappa shape index (κ1) is 11.1. The van der Waals surface area contributed by atoms with Gasteiger partial charge in [-0.3, -0.25) is 14.3 Å². The molecule has 3 atom stereocenters. The van der Waals surface area contributed by atoms with Crippen molar-refractivity contribution in [1.82, 2.24) is 9.55 Å². The summed E-state index contributed by atoms with van der Waals surface area (Å²) in [6.07, 6.45) is 1.17. The molecule has 1 fully saturated rings. The van der Waals surface area contributed by atoms with Crippen molar-refractivity contribution in [3.8, 4) is 0 Å². The fraction of sp³-hybridized carbons (Fsp3) is 0.600. The Balaban J connectivity index is 2.31. The van der Waals surface area contributed by atoms with Crippen molar-refractivity contribution in [2.24, 2.45) is 0 Å². The van der Waals surface area contributed by atoms with Crippen LogP contribution in [0.2, 0.25) is 0 Å². The van der Waals surface area contributed by atoms with E-state index in [0.29, 0.717) is 6.42 Å². The van der Waals surface area contributed by atoms with Crippen LogP contribution < -0.4 is 11.2 Å². The third-order valence-electron chi connectivity index (χ3n) is 2.75. The molecular weight excluding hydrogens is 212 g/mol. The quantitative estimate of drug-likeness (QED) is 0.718. The summed E-state index contributed by atoms with van der Waals surface area (Å²) in [6, 6.07) is 1.23. The van der Waals surface area contributed by atoms with Crippen molar-refractivity contribution in [2.45, 2.75) is 38.2 Å². The zero-order valence-corrected chi connectivity index (χ0v) is 8.92. The lowest BCUT2D eigenvalue weighted by Crippen LogP contribution is -2.34. The molecule has 1 saturated heterocycles. The zero-order chi connectivity index (χ0) is 11.7. The molecule has 0 spiro atoms. The average Bonchev–Trinajstić information content (AvgIpc) is 2.60. The summed E-state index contributed by atoms with van der Waals surface area (Å²) in [4.78, 5) is 24.5. The van der Waals surface area contributed by atoms with Crippen LogP contribution >= 0.6 is 0 Å². The zero-order valence-electron chi connectivity index (χ0n) is 8.92. The summed E-state index contributed by atoms with van der Waals surface area (Å²) in [7, 11) is 0. The standard InChI is InChI=1S/C10H14N2O4/c1-2-6-5-7(13)9(16-6)12-4-3-8(14)11-10(12)15/h3-4,6-7,9,13H,2,5H2,1H3,(H,11,14,15)/t6-,7-,9-/m1/s1. The predicted molar refractivity (Wildman–Crippen MR) is 56.1 cm³/mol. The number of H-pyrrole nitrogens is 1. The Labute approximate surface area is 91.5 Å². The molecule has 0 radical (unpaired) electrons. The highest BCUT2D eigenvalue weighted by Crippen LogP contribution is 2.28. The number of aliphatic hydroxyl groups excluding tert-OH is 1. The molecule has 2 heterocycles. The molecule has 0 amide bonds. The first-order chi connectivity index (χ1) is 7.61. The van der Waals surface area contributed by atoms with Crippen LogP contribution in [0.5, 0.6) is 0 Å². The van der Waals surface area contributed by atoms with Gasteiger partial charge in [-0.25, -0.2) is 4.79 Å². The maximum atomic E-state index is 11.5. The van der Waals surface area contributed by atoms with Crippen molar-refractivity contribution in [3.05, 3.63) is 33.1 Å². The number of nitrogens with one attached hydrogen (secondary N) is 1. The molecule has 1 aliphatic rings. The third-order valence-corrected chi connectivity index (χ3v) is 2.75. The van der Waals surface area contributed by atoms with Crippen molar-refractivity contribution in [2.75, 3.05) is 0 Å². The summed E-state index contributed by atoms with van der Waals surface area (Å²) < 4.78 is 6.73. The van der Waals surface area contributed by atoms with Gasteiger partial charge in [-0.05, 0) is 6.42 Å². The number of hydrogen-bond donors (Lipinski definition) is 2. The Hall–Kier alpha value is -1.40. The molecule has 0 aliphatic carbocycles. The number of ether oxygens (including phenoxy) is 1. The van der Waals surface area contributed by atoms with Crippen LogP contribution in [-0.4, -0.2) is 26.9 Å². The Bertz CT molecular complexity index is 478. The van der Waals surface area contributed by atoms with E-state index in [9.17, 15) is 14.7 Å². The van der Waals surface area contributed by atoms with Crippen molar-refractivity contribution >= 4 is 0 Å². The second-order valence-electron chi connectivity index (χ2n) is 3.88. The highest BCUT2D eigenvalue weighted by atomic mass is 16.5. The molecule has 6 heteroatoms. The van der Waals surface area contributed by atoms with E-state index in [1.54, 1.807) is 0 Å². The Morgan fingerprint density at radius 1 is 1.62 bits per heavy atom. The normalized spacial score (nSPS) is 29.5. The van der Waals surface area contributed by atoms with E-state index in [1.807, 2.05) is 6.92 Å². The number of aromatic amines is 1. The van der Waals surface area contributed by atoms with Crippen LogP contribution in [0.3, 0.4) is 0 Å². The van der Waals surface area contributed by atoms with Crippen LogP contribution in [0.25, 0.3) is 0 Å². The van der Waals surface area contributed by atoms with E-state index in [4.69, 9.17) is 4.74 Å². The third kappa shape index (κ3) is 1.94. The summed E-state index contributed by atoms with van der Waals surface area (Å²) in [5, 5.41) is 9.76. The number of aliphatic hydroxyl groups is 1. The minimum Gasteiger partial charge on any atom is -0.388 e. The van der Waals surface area contributed by atoms with Gasteiger partial charge in [-0.2, -0.15) is 0 Å². The molecule has 1 aromatic rings. The number of nitrogens with zero attached hydrogens (tertiary/aromatic N) is 1. The molecule has 6 nitrogen and oxygen atoms in total. The predicted octanol–water partition coefficient (Wildman–Crippen LogP) is -0.405. The van der Waals surface area contributed by atoms with E-state index >= 15 is 0 Å². The molecule has 16 heavy (non-hydrogen) atoms. The summed E-state index contributed by atoms with van der Waals surface area (Å²) in [5.74, 6) is 0. The van der Waals surface area contributed by atoms with Gasteiger partial charge in [0.15, 0.2) is 6.23 Å². The molecule has 1 aliphatic heterocycles.